The molecule has 3 unspecified atom stereocenters. The zero-order valence-electron chi connectivity index (χ0n) is 15.0. The molecule has 5 heteroatoms. The van der Waals surface area contributed by atoms with Gasteiger partial charge in [-0.3, -0.25) is 4.90 Å². The Morgan fingerprint density at radius 1 is 1.08 bits per heavy atom. The Kier molecular flexibility index (Phi) is 6.98. The van der Waals surface area contributed by atoms with E-state index in [1.165, 1.54) is 55.0 Å². The van der Waals surface area contributed by atoms with Gasteiger partial charge in [0.1, 0.15) is 12.5 Å². The van der Waals surface area contributed by atoms with Crippen LogP contribution in [0.3, 0.4) is 0 Å². The van der Waals surface area contributed by atoms with Crippen molar-refractivity contribution >= 4 is 11.8 Å². The van der Waals surface area contributed by atoms with Crippen molar-refractivity contribution < 1.29 is 4.74 Å². The van der Waals surface area contributed by atoms with Crippen LogP contribution < -0.4 is 10.9 Å². The van der Waals surface area contributed by atoms with Crippen LogP contribution >= 0.6 is 11.8 Å². The normalized spacial score (nSPS) is 30.3. The molecule has 3 heterocycles. The van der Waals surface area contributed by atoms with Crippen LogP contribution in [0.2, 0.25) is 0 Å². The molecule has 134 valence electrons. The average molecular weight is 350 g/mol. The summed E-state index contributed by atoms with van der Waals surface area (Å²) in [5, 5.41) is 0. The number of benzene rings is 1. The van der Waals surface area contributed by atoms with Crippen LogP contribution in [-0.2, 0) is 4.74 Å². The highest BCUT2D eigenvalue weighted by atomic mass is 32.2. The van der Waals surface area contributed by atoms with E-state index in [4.69, 9.17) is 4.74 Å². The molecule has 2 N–H and O–H groups in total. The van der Waals surface area contributed by atoms with Crippen LogP contribution in [0.4, 0.5) is 0 Å². The van der Waals surface area contributed by atoms with Gasteiger partial charge in [-0.05, 0) is 55.1 Å². The summed E-state index contributed by atoms with van der Waals surface area (Å²) >= 11 is 2.07. The van der Waals surface area contributed by atoms with Gasteiger partial charge in [0.25, 0.3) is 0 Å². The molecule has 3 saturated heterocycles. The van der Waals surface area contributed by atoms with Crippen molar-refractivity contribution in [1.82, 2.24) is 15.8 Å². The van der Waals surface area contributed by atoms with Gasteiger partial charge in [0.15, 0.2) is 0 Å². The maximum Gasteiger partial charge on any atom is 0.148 e. The Hall–Kier alpha value is -0.590. The van der Waals surface area contributed by atoms with E-state index in [-0.39, 0.29) is 12.5 Å². The van der Waals surface area contributed by atoms with Crippen molar-refractivity contribution in [2.45, 2.75) is 51.5 Å². The molecular formula is C19H31N3OS. The zero-order chi connectivity index (χ0) is 16.8. The summed E-state index contributed by atoms with van der Waals surface area (Å²) < 4.78 is 6.11. The number of likely N-dealkylation sites (tertiary alicyclic amines) is 1. The number of nitrogens with zero attached hydrogens (tertiary/aromatic N) is 1. The number of ether oxygens (including phenoxy) is 1. The lowest BCUT2D eigenvalue weighted by Crippen LogP contribution is -2.39. The number of hydrazine groups is 1. The number of nitrogens with one attached hydrogen (secondary N) is 2. The maximum atomic E-state index is 6.11. The van der Waals surface area contributed by atoms with Crippen LogP contribution in [-0.4, -0.2) is 42.3 Å². The second-order valence-electron chi connectivity index (χ2n) is 6.53. The summed E-state index contributed by atoms with van der Waals surface area (Å²) in [6, 6.07) is 9.00. The van der Waals surface area contributed by atoms with Gasteiger partial charge in [-0.25, -0.2) is 10.9 Å². The monoisotopic (exact) mass is 349 g/mol. The highest BCUT2D eigenvalue weighted by molar-refractivity contribution is 7.99. The van der Waals surface area contributed by atoms with E-state index in [2.05, 4.69) is 51.8 Å². The third-order valence-electron chi connectivity index (χ3n) is 4.94. The Bertz CT molecular complexity index is 484. The molecule has 1 aromatic rings. The van der Waals surface area contributed by atoms with E-state index < -0.39 is 0 Å². The van der Waals surface area contributed by atoms with Crippen LogP contribution in [0.25, 0.3) is 0 Å². The first kappa shape index (κ1) is 18.2. The summed E-state index contributed by atoms with van der Waals surface area (Å²) in [5.74, 6) is 3.33. The molecular weight excluding hydrogens is 318 g/mol. The topological polar surface area (TPSA) is 36.5 Å². The number of rotatable bonds is 4. The van der Waals surface area contributed by atoms with Crippen molar-refractivity contribution in [2.75, 3.05) is 31.1 Å². The van der Waals surface area contributed by atoms with Crippen molar-refractivity contribution in [3.05, 3.63) is 35.4 Å². The van der Waals surface area contributed by atoms with Crippen molar-refractivity contribution in [2.24, 2.45) is 0 Å². The predicted molar refractivity (Wildman–Crippen MR) is 102 cm³/mol. The van der Waals surface area contributed by atoms with Gasteiger partial charge in [0, 0.05) is 12.3 Å². The molecule has 3 fully saturated rings. The highest BCUT2D eigenvalue weighted by Crippen LogP contribution is 2.33. The molecule has 0 saturated carbocycles. The zero-order valence-corrected chi connectivity index (χ0v) is 15.8. The number of thioether (sulfide) groups is 1. The average Bonchev–Trinajstić information content (AvgIpc) is 3.40. The Morgan fingerprint density at radius 2 is 1.79 bits per heavy atom. The Morgan fingerprint density at radius 3 is 2.46 bits per heavy atom. The van der Waals surface area contributed by atoms with Crippen molar-refractivity contribution in [3.63, 3.8) is 0 Å². The number of hydrogen-bond donors (Lipinski definition) is 2. The molecule has 3 atom stereocenters. The van der Waals surface area contributed by atoms with Crippen molar-refractivity contribution in [1.29, 1.82) is 0 Å². The van der Waals surface area contributed by atoms with E-state index in [1.54, 1.807) is 0 Å². The van der Waals surface area contributed by atoms with Gasteiger partial charge in [0.2, 0.25) is 0 Å². The minimum atomic E-state index is -0.0281. The molecule has 0 amide bonds. The summed E-state index contributed by atoms with van der Waals surface area (Å²) in [4.78, 5) is 2.47. The van der Waals surface area contributed by atoms with E-state index >= 15 is 0 Å². The van der Waals surface area contributed by atoms with E-state index in [9.17, 15) is 0 Å². The first-order chi connectivity index (χ1) is 11.9. The van der Waals surface area contributed by atoms with E-state index in [0.717, 1.165) is 12.5 Å². The third kappa shape index (κ3) is 4.52. The van der Waals surface area contributed by atoms with Crippen LogP contribution in [0, 0.1) is 0 Å². The minimum Gasteiger partial charge on any atom is -0.337 e. The van der Waals surface area contributed by atoms with Gasteiger partial charge in [-0.1, -0.05) is 38.1 Å². The molecule has 4 rings (SSSR count). The fourth-order valence-corrected chi connectivity index (χ4v) is 4.85. The summed E-state index contributed by atoms with van der Waals surface area (Å²) in [6.45, 7) is 7.39. The molecule has 24 heavy (non-hydrogen) atoms. The minimum absolute atomic E-state index is 0.0281. The Labute approximate surface area is 150 Å². The van der Waals surface area contributed by atoms with E-state index in [1.807, 2.05) is 13.8 Å². The lowest BCUT2D eigenvalue weighted by Gasteiger charge is -2.19. The first-order valence-electron chi connectivity index (χ1n) is 9.45. The quantitative estimate of drug-likeness (QED) is 0.870. The second-order valence-corrected chi connectivity index (χ2v) is 7.68. The Balaban J connectivity index is 0.000000815. The van der Waals surface area contributed by atoms with Crippen LogP contribution in [0.1, 0.15) is 56.4 Å². The van der Waals surface area contributed by atoms with Crippen molar-refractivity contribution in [3.8, 4) is 0 Å². The molecule has 0 bridgehead atoms. The van der Waals surface area contributed by atoms with Gasteiger partial charge in [0.05, 0.1) is 0 Å². The SMILES string of the molecule is CC.c1cc(C2NNC(CN3CCCC3)O2)ccc1C1CCSC1. The molecule has 3 aliphatic heterocycles. The molecule has 0 radical (unpaired) electrons. The number of hydrogen-bond acceptors (Lipinski definition) is 5. The summed E-state index contributed by atoms with van der Waals surface area (Å²) in [7, 11) is 0. The second kappa shape index (κ2) is 9.20. The lowest BCUT2D eigenvalue weighted by molar-refractivity contribution is 0.0173. The molecule has 0 spiro atoms. The maximum absolute atomic E-state index is 6.11. The van der Waals surface area contributed by atoms with Gasteiger partial charge >= 0.3 is 0 Å². The smallest absolute Gasteiger partial charge is 0.148 e. The van der Waals surface area contributed by atoms with Gasteiger partial charge < -0.3 is 4.74 Å². The van der Waals surface area contributed by atoms with Gasteiger partial charge in [-0.15, -0.1) is 0 Å². The molecule has 3 aliphatic rings. The van der Waals surface area contributed by atoms with E-state index in [0.29, 0.717) is 0 Å². The molecule has 4 nitrogen and oxygen atoms in total. The van der Waals surface area contributed by atoms with Crippen LogP contribution in [0.5, 0.6) is 0 Å². The highest BCUT2D eigenvalue weighted by Gasteiger charge is 2.28. The molecule has 0 aromatic heterocycles. The first-order valence-corrected chi connectivity index (χ1v) is 10.6. The molecule has 0 aliphatic carbocycles. The fraction of sp³-hybridized carbons (Fsp3) is 0.684. The van der Waals surface area contributed by atoms with Crippen LogP contribution in [0.15, 0.2) is 24.3 Å². The summed E-state index contributed by atoms with van der Waals surface area (Å²) in [5.41, 5.74) is 9.26. The fourth-order valence-electron chi connectivity index (χ4n) is 3.59. The van der Waals surface area contributed by atoms with Gasteiger partial charge in [-0.2, -0.15) is 11.8 Å². The largest absolute Gasteiger partial charge is 0.337 e. The molecule has 1 aromatic carbocycles. The summed E-state index contributed by atoms with van der Waals surface area (Å²) in [6.07, 6.45) is 4.03. The third-order valence-corrected chi connectivity index (χ3v) is 6.10. The predicted octanol–water partition coefficient (Wildman–Crippen LogP) is 3.48. The standard InChI is InChI=1S/C17H25N3OS.C2H6/c1-2-9-20(8-1)11-16-18-19-17(21-16)14-5-3-13(4-6-14)15-7-10-22-12-15;1-2/h3-6,15-19H,1-2,7-12H2;1-2H3. The lowest BCUT2D eigenvalue weighted by atomic mass is 9.97.